The van der Waals surface area contributed by atoms with Gasteiger partial charge < -0.3 is 5.11 Å². The van der Waals surface area contributed by atoms with Crippen LogP contribution in [0.5, 0.6) is 0 Å². The Bertz CT molecular complexity index is 259. The molecule has 0 fully saturated rings. The first-order valence-electron chi connectivity index (χ1n) is 3.66. The summed E-state index contributed by atoms with van der Waals surface area (Å²) in [5.41, 5.74) is 0.309. The Hall–Kier alpha value is -0.540. The van der Waals surface area contributed by atoms with Crippen LogP contribution in [-0.2, 0) is 0 Å². The molecule has 1 aromatic carbocycles. The van der Waals surface area contributed by atoms with Gasteiger partial charge in [0.15, 0.2) is 0 Å². The molecule has 0 amide bonds. The Kier molecular flexibility index (Phi) is 6.63. The molecule has 1 N–H and O–H groups in total. The molecule has 13 heavy (non-hydrogen) atoms. The number of rotatable bonds is 1. The number of alkyl halides is 1. The van der Waals surface area contributed by atoms with E-state index in [4.69, 9.17) is 16.7 Å². The average Bonchev–Trinajstić information content (AvgIpc) is 2.06. The average molecular weight is 266 g/mol. The minimum Gasteiger partial charge on any atom is -0.478 e. The van der Waals surface area contributed by atoms with E-state index in [2.05, 4.69) is 15.9 Å². The summed E-state index contributed by atoms with van der Waals surface area (Å²) in [5, 5.41) is 8.46. The summed E-state index contributed by atoms with van der Waals surface area (Å²) in [6, 6.07) is 6.49. The predicted octanol–water partition coefficient (Wildman–Crippen LogP) is 3.39. The molecule has 4 heteroatoms. The zero-order valence-electron chi connectivity index (χ0n) is 7.13. The van der Waals surface area contributed by atoms with Crippen LogP contribution in [0.4, 0.5) is 0 Å². The normalized spacial score (nSPS) is 8.54. The van der Waals surface area contributed by atoms with Crippen molar-refractivity contribution in [1.82, 2.24) is 0 Å². The molecule has 0 saturated carbocycles. The highest BCUT2D eigenvalue weighted by atomic mass is 79.9. The third kappa shape index (κ3) is 5.66. The van der Waals surface area contributed by atoms with Crippen LogP contribution in [0.1, 0.15) is 17.3 Å². The van der Waals surface area contributed by atoms with Crippen LogP contribution in [0, 0.1) is 0 Å². The molecule has 0 atom stereocenters. The van der Waals surface area contributed by atoms with Crippen LogP contribution in [0.25, 0.3) is 0 Å². The van der Waals surface area contributed by atoms with Crippen LogP contribution in [0.2, 0.25) is 0 Å². The van der Waals surface area contributed by atoms with E-state index in [1.165, 1.54) is 0 Å². The molecular weight excluding hydrogens is 255 g/mol. The Morgan fingerprint density at radius 1 is 1.46 bits per heavy atom. The molecule has 0 radical (unpaired) electrons. The summed E-state index contributed by atoms with van der Waals surface area (Å²) in [6.07, 6.45) is 0. The van der Waals surface area contributed by atoms with Gasteiger partial charge in [0.05, 0.1) is 5.56 Å². The van der Waals surface area contributed by atoms with E-state index in [1.54, 1.807) is 24.3 Å². The van der Waals surface area contributed by atoms with Crippen molar-refractivity contribution in [2.75, 3.05) is 5.88 Å². The highest BCUT2D eigenvalue weighted by Gasteiger charge is 1.98. The Balaban J connectivity index is 0.000000424. The molecule has 1 rings (SSSR count). The van der Waals surface area contributed by atoms with E-state index in [0.29, 0.717) is 5.56 Å². The standard InChI is InChI=1S/C7H5BrO2.C2H5Cl/c8-6-3-1-5(2-4-6)7(9)10;1-2-3/h1-4H,(H,9,10);2H2,1H3. The van der Waals surface area contributed by atoms with E-state index >= 15 is 0 Å². The van der Waals surface area contributed by atoms with E-state index in [1.807, 2.05) is 6.92 Å². The summed E-state index contributed by atoms with van der Waals surface area (Å²) in [4.78, 5) is 10.3. The Morgan fingerprint density at radius 3 is 2.15 bits per heavy atom. The Morgan fingerprint density at radius 2 is 1.85 bits per heavy atom. The summed E-state index contributed by atoms with van der Waals surface area (Å²) >= 11 is 8.20. The molecule has 0 bridgehead atoms. The second kappa shape index (κ2) is 6.92. The molecular formula is C9H10BrClO2. The maximum Gasteiger partial charge on any atom is 0.335 e. The van der Waals surface area contributed by atoms with E-state index < -0.39 is 5.97 Å². The zero-order valence-corrected chi connectivity index (χ0v) is 9.47. The van der Waals surface area contributed by atoms with E-state index in [-0.39, 0.29) is 0 Å². The molecule has 0 spiro atoms. The second-order valence-electron chi connectivity index (χ2n) is 2.08. The first-order chi connectivity index (χ1) is 6.11. The van der Waals surface area contributed by atoms with Gasteiger partial charge in [-0.05, 0) is 24.3 Å². The van der Waals surface area contributed by atoms with Crippen molar-refractivity contribution in [2.45, 2.75) is 6.92 Å². The van der Waals surface area contributed by atoms with Crippen molar-refractivity contribution >= 4 is 33.5 Å². The van der Waals surface area contributed by atoms with Gasteiger partial charge in [0.2, 0.25) is 0 Å². The second-order valence-corrected chi connectivity index (χ2v) is 3.53. The van der Waals surface area contributed by atoms with Crippen LogP contribution in [0.15, 0.2) is 28.7 Å². The predicted molar refractivity (Wildman–Crippen MR) is 57.5 cm³/mol. The Labute approximate surface area is 90.7 Å². The van der Waals surface area contributed by atoms with Gasteiger partial charge in [-0.2, -0.15) is 0 Å². The zero-order chi connectivity index (χ0) is 10.3. The van der Waals surface area contributed by atoms with Crippen LogP contribution in [0.3, 0.4) is 0 Å². The highest BCUT2D eigenvalue weighted by Crippen LogP contribution is 2.09. The fourth-order valence-electron chi connectivity index (χ4n) is 0.592. The lowest BCUT2D eigenvalue weighted by atomic mass is 10.2. The highest BCUT2D eigenvalue weighted by molar-refractivity contribution is 9.10. The lowest BCUT2D eigenvalue weighted by Gasteiger charge is -1.91. The topological polar surface area (TPSA) is 37.3 Å². The first-order valence-corrected chi connectivity index (χ1v) is 4.99. The van der Waals surface area contributed by atoms with E-state index in [0.717, 1.165) is 10.4 Å². The van der Waals surface area contributed by atoms with Crippen LogP contribution in [-0.4, -0.2) is 17.0 Å². The summed E-state index contributed by atoms with van der Waals surface area (Å²) < 4.78 is 0.887. The molecule has 0 unspecified atom stereocenters. The van der Waals surface area contributed by atoms with Crippen LogP contribution < -0.4 is 0 Å². The van der Waals surface area contributed by atoms with Crippen molar-refractivity contribution in [3.05, 3.63) is 34.3 Å². The van der Waals surface area contributed by atoms with Crippen molar-refractivity contribution in [2.24, 2.45) is 0 Å². The number of carboxylic acid groups (broad SMARTS) is 1. The van der Waals surface area contributed by atoms with Gasteiger partial charge in [-0.1, -0.05) is 22.9 Å². The number of hydrogen-bond donors (Lipinski definition) is 1. The molecule has 0 aliphatic heterocycles. The monoisotopic (exact) mass is 264 g/mol. The molecule has 2 nitrogen and oxygen atoms in total. The van der Waals surface area contributed by atoms with Crippen LogP contribution >= 0.6 is 27.5 Å². The molecule has 0 aliphatic rings. The van der Waals surface area contributed by atoms with Gasteiger partial charge in [0, 0.05) is 10.4 Å². The molecule has 0 heterocycles. The molecule has 0 aromatic heterocycles. The minimum absolute atomic E-state index is 0.309. The van der Waals surface area contributed by atoms with Gasteiger partial charge in [0.1, 0.15) is 0 Å². The fourth-order valence-corrected chi connectivity index (χ4v) is 0.857. The van der Waals surface area contributed by atoms with Crippen molar-refractivity contribution in [1.29, 1.82) is 0 Å². The summed E-state index contributed by atoms with van der Waals surface area (Å²) in [5.74, 6) is -0.174. The first kappa shape index (κ1) is 12.5. The number of hydrogen-bond acceptors (Lipinski definition) is 1. The maximum atomic E-state index is 10.3. The SMILES string of the molecule is CCCl.O=C(O)c1ccc(Br)cc1. The summed E-state index contributed by atoms with van der Waals surface area (Å²) in [7, 11) is 0. The molecule has 0 aliphatic carbocycles. The third-order valence-corrected chi connectivity index (χ3v) is 1.62. The van der Waals surface area contributed by atoms with Crippen molar-refractivity contribution in [3.63, 3.8) is 0 Å². The lowest BCUT2D eigenvalue weighted by Crippen LogP contribution is -1.94. The quantitative estimate of drug-likeness (QED) is 0.790. The maximum absolute atomic E-state index is 10.3. The van der Waals surface area contributed by atoms with Gasteiger partial charge in [-0.3, -0.25) is 0 Å². The van der Waals surface area contributed by atoms with Gasteiger partial charge in [-0.15, -0.1) is 11.6 Å². The smallest absolute Gasteiger partial charge is 0.335 e. The minimum atomic E-state index is -0.896. The fraction of sp³-hybridized carbons (Fsp3) is 0.222. The summed E-state index contributed by atoms with van der Waals surface area (Å²) in [6.45, 7) is 1.89. The molecule has 1 aromatic rings. The van der Waals surface area contributed by atoms with E-state index in [9.17, 15) is 4.79 Å². The van der Waals surface area contributed by atoms with Gasteiger partial charge in [0.25, 0.3) is 0 Å². The number of halogens is 2. The van der Waals surface area contributed by atoms with Crippen molar-refractivity contribution < 1.29 is 9.90 Å². The largest absolute Gasteiger partial charge is 0.478 e. The molecule has 0 saturated heterocycles. The van der Waals surface area contributed by atoms with Gasteiger partial charge in [-0.25, -0.2) is 4.79 Å². The number of carbonyl (C=O) groups is 1. The molecule has 72 valence electrons. The number of benzene rings is 1. The van der Waals surface area contributed by atoms with Crippen molar-refractivity contribution in [3.8, 4) is 0 Å². The lowest BCUT2D eigenvalue weighted by molar-refractivity contribution is 0.0697. The number of aromatic carboxylic acids is 1. The van der Waals surface area contributed by atoms with Gasteiger partial charge >= 0.3 is 5.97 Å². The number of carboxylic acids is 1. The third-order valence-electron chi connectivity index (χ3n) is 1.09.